The number of carbonyl (C=O) groups excluding carboxylic acids is 1. The fourth-order valence-electron chi connectivity index (χ4n) is 5.00. The van der Waals surface area contributed by atoms with Gasteiger partial charge in [0.2, 0.25) is 5.91 Å². The summed E-state index contributed by atoms with van der Waals surface area (Å²) in [5.74, 6) is 0.175. The number of ether oxygens (including phenoxy) is 1. The van der Waals surface area contributed by atoms with Crippen LogP contribution in [0.5, 0.6) is 0 Å². The first-order valence-electron chi connectivity index (χ1n) is 11.9. The molecule has 1 amide bonds. The summed E-state index contributed by atoms with van der Waals surface area (Å²) in [4.78, 5) is 17.2. The molecular formula is C24H39N5O2S. The Labute approximate surface area is 197 Å². The number of amidine groups is 1. The van der Waals surface area contributed by atoms with Gasteiger partial charge in [0.05, 0.1) is 12.1 Å². The standard InChI is InChI=1S/C24H39N5O2S/c1-3-12-24(13-8-19(9-14-24)26-20-10-15-31-16-11-20)29(2)28-23(17-22(25)30)27-18-4-6-21(32)7-5-18/h4-7,19-20,26,32H,3,8-17H2,1-2H3,(H2,25,30)(H,27,28). The zero-order valence-electron chi connectivity index (χ0n) is 19.5. The lowest BCUT2D eigenvalue weighted by molar-refractivity contribution is -0.117. The molecule has 4 N–H and O–H groups in total. The number of nitrogens with one attached hydrogen (secondary N) is 2. The number of hydrogen-bond acceptors (Lipinski definition) is 6. The Morgan fingerprint density at radius 2 is 1.81 bits per heavy atom. The molecule has 0 atom stereocenters. The van der Waals surface area contributed by atoms with Crippen molar-refractivity contribution in [1.29, 1.82) is 0 Å². The number of hydrogen-bond donors (Lipinski definition) is 4. The maximum absolute atomic E-state index is 11.7. The van der Waals surface area contributed by atoms with E-state index in [1.165, 1.54) is 0 Å². The van der Waals surface area contributed by atoms with E-state index in [0.29, 0.717) is 17.9 Å². The third kappa shape index (κ3) is 7.20. The number of nitrogens with two attached hydrogens (primary N) is 1. The summed E-state index contributed by atoms with van der Waals surface area (Å²) >= 11 is 4.33. The van der Waals surface area contributed by atoms with Crippen molar-refractivity contribution in [2.45, 2.75) is 87.2 Å². The van der Waals surface area contributed by atoms with Crippen molar-refractivity contribution in [3.05, 3.63) is 24.3 Å². The number of primary amides is 1. The summed E-state index contributed by atoms with van der Waals surface area (Å²) in [6.45, 7) is 3.98. The summed E-state index contributed by atoms with van der Waals surface area (Å²) < 4.78 is 5.50. The summed E-state index contributed by atoms with van der Waals surface area (Å²) in [6, 6.07) is 8.70. The third-order valence-electron chi connectivity index (χ3n) is 6.79. The normalized spacial score (nSPS) is 25.1. The molecule has 0 bridgehead atoms. The van der Waals surface area contributed by atoms with Crippen LogP contribution in [-0.4, -0.2) is 54.6 Å². The van der Waals surface area contributed by atoms with Gasteiger partial charge < -0.3 is 21.2 Å². The van der Waals surface area contributed by atoms with Gasteiger partial charge in [-0.25, -0.2) is 10.0 Å². The van der Waals surface area contributed by atoms with Crippen LogP contribution in [0.25, 0.3) is 0 Å². The molecule has 7 nitrogen and oxygen atoms in total. The van der Waals surface area contributed by atoms with Crippen molar-refractivity contribution in [3.63, 3.8) is 0 Å². The van der Waals surface area contributed by atoms with Crippen LogP contribution < -0.4 is 16.5 Å². The van der Waals surface area contributed by atoms with E-state index in [9.17, 15) is 4.79 Å². The quantitative estimate of drug-likeness (QED) is 0.195. The molecule has 1 aliphatic heterocycles. The monoisotopic (exact) mass is 461 g/mol. The SMILES string of the molecule is CCCC1(N(C)NC(CC(N)=O)=Nc2ccc(S)cc2)CCC(NC2CCOCC2)CC1. The number of rotatable bonds is 9. The van der Waals surface area contributed by atoms with Crippen LogP contribution in [0.3, 0.4) is 0 Å². The molecule has 0 aromatic heterocycles. The maximum Gasteiger partial charge on any atom is 0.225 e. The first kappa shape index (κ1) is 25.0. The fourth-order valence-corrected chi connectivity index (χ4v) is 5.15. The molecular weight excluding hydrogens is 422 g/mol. The van der Waals surface area contributed by atoms with Crippen LogP contribution in [0, 0.1) is 0 Å². The Morgan fingerprint density at radius 3 is 2.41 bits per heavy atom. The van der Waals surface area contributed by atoms with Crippen LogP contribution in [0.2, 0.25) is 0 Å². The average molecular weight is 462 g/mol. The van der Waals surface area contributed by atoms with E-state index in [-0.39, 0.29) is 12.0 Å². The molecule has 8 heteroatoms. The molecule has 2 fully saturated rings. The van der Waals surface area contributed by atoms with Gasteiger partial charge in [0.25, 0.3) is 0 Å². The summed E-state index contributed by atoms with van der Waals surface area (Å²) in [5, 5.41) is 6.06. The Hall–Kier alpha value is -1.61. The zero-order chi connectivity index (χ0) is 23.0. The van der Waals surface area contributed by atoms with Crippen molar-refractivity contribution in [2.75, 3.05) is 20.3 Å². The van der Waals surface area contributed by atoms with Crippen molar-refractivity contribution in [1.82, 2.24) is 15.8 Å². The van der Waals surface area contributed by atoms with Crippen LogP contribution >= 0.6 is 12.6 Å². The van der Waals surface area contributed by atoms with E-state index in [1.54, 1.807) is 0 Å². The highest BCUT2D eigenvalue weighted by Gasteiger charge is 2.39. The lowest BCUT2D eigenvalue weighted by Gasteiger charge is -2.47. The lowest BCUT2D eigenvalue weighted by Crippen LogP contribution is -2.58. The van der Waals surface area contributed by atoms with E-state index in [4.69, 9.17) is 10.5 Å². The molecule has 1 aromatic carbocycles. The highest BCUT2D eigenvalue weighted by molar-refractivity contribution is 7.80. The number of carbonyl (C=O) groups is 1. The van der Waals surface area contributed by atoms with Crippen LogP contribution in [0.1, 0.15) is 64.7 Å². The molecule has 0 unspecified atom stereocenters. The van der Waals surface area contributed by atoms with Gasteiger partial charge in [-0.1, -0.05) is 13.3 Å². The minimum absolute atomic E-state index is 0.0377. The topological polar surface area (TPSA) is 92.0 Å². The van der Waals surface area contributed by atoms with Gasteiger partial charge in [0.15, 0.2) is 0 Å². The fraction of sp³-hybridized carbons (Fsp3) is 0.667. The molecule has 0 radical (unpaired) electrons. The first-order valence-corrected chi connectivity index (χ1v) is 12.3. The highest BCUT2D eigenvalue weighted by atomic mass is 32.1. The second-order valence-corrected chi connectivity index (χ2v) is 9.71. The Bertz CT molecular complexity index is 756. The highest BCUT2D eigenvalue weighted by Crippen LogP contribution is 2.36. The second kappa shape index (κ2) is 12.0. The molecule has 3 rings (SSSR count). The van der Waals surface area contributed by atoms with Crippen molar-refractivity contribution in [2.24, 2.45) is 10.7 Å². The maximum atomic E-state index is 11.7. The lowest BCUT2D eigenvalue weighted by atomic mass is 9.76. The minimum atomic E-state index is -0.399. The summed E-state index contributed by atoms with van der Waals surface area (Å²) in [5.41, 5.74) is 9.76. The van der Waals surface area contributed by atoms with Gasteiger partial charge >= 0.3 is 0 Å². The van der Waals surface area contributed by atoms with Crippen molar-refractivity contribution < 1.29 is 9.53 Å². The number of benzene rings is 1. The Balaban J connectivity index is 1.66. The smallest absolute Gasteiger partial charge is 0.225 e. The molecule has 1 saturated carbocycles. The molecule has 2 aliphatic rings. The number of nitrogens with zero attached hydrogens (tertiary/aromatic N) is 2. The van der Waals surface area contributed by atoms with Crippen molar-refractivity contribution >= 4 is 30.1 Å². The molecule has 178 valence electrons. The summed E-state index contributed by atoms with van der Waals surface area (Å²) in [7, 11) is 2.08. The summed E-state index contributed by atoms with van der Waals surface area (Å²) in [6.07, 6.45) is 8.99. The molecule has 0 spiro atoms. The van der Waals surface area contributed by atoms with E-state index < -0.39 is 5.91 Å². The zero-order valence-corrected chi connectivity index (χ0v) is 20.4. The minimum Gasteiger partial charge on any atom is -0.381 e. The van der Waals surface area contributed by atoms with Crippen LogP contribution in [0.15, 0.2) is 34.2 Å². The third-order valence-corrected chi connectivity index (χ3v) is 7.09. The Kier molecular flexibility index (Phi) is 9.40. The molecule has 1 aliphatic carbocycles. The van der Waals surface area contributed by atoms with Crippen LogP contribution in [-0.2, 0) is 9.53 Å². The number of hydrazine groups is 1. The largest absolute Gasteiger partial charge is 0.381 e. The van der Waals surface area contributed by atoms with Gasteiger partial charge in [0, 0.05) is 42.8 Å². The molecule has 32 heavy (non-hydrogen) atoms. The molecule has 1 heterocycles. The number of amides is 1. The van der Waals surface area contributed by atoms with E-state index in [1.807, 2.05) is 24.3 Å². The van der Waals surface area contributed by atoms with Gasteiger partial charge in [0.1, 0.15) is 5.84 Å². The van der Waals surface area contributed by atoms with E-state index in [0.717, 1.165) is 75.2 Å². The van der Waals surface area contributed by atoms with Crippen molar-refractivity contribution in [3.8, 4) is 0 Å². The van der Waals surface area contributed by atoms with Crippen LogP contribution in [0.4, 0.5) is 5.69 Å². The van der Waals surface area contributed by atoms with E-state index >= 15 is 0 Å². The second-order valence-electron chi connectivity index (χ2n) is 9.19. The first-order chi connectivity index (χ1) is 15.4. The van der Waals surface area contributed by atoms with Gasteiger partial charge in [-0.05, 0) is 69.2 Å². The van der Waals surface area contributed by atoms with Gasteiger partial charge in [-0.3, -0.25) is 4.79 Å². The predicted octanol–water partition coefficient (Wildman–Crippen LogP) is 3.57. The van der Waals surface area contributed by atoms with Gasteiger partial charge in [-0.15, -0.1) is 12.6 Å². The Morgan fingerprint density at radius 1 is 1.19 bits per heavy atom. The van der Waals surface area contributed by atoms with Gasteiger partial charge in [-0.2, -0.15) is 0 Å². The van der Waals surface area contributed by atoms with E-state index in [2.05, 4.69) is 47.3 Å². The number of aliphatic imine (C=N–C) groups is 1. The predicted molar refractivity (Wildman–Crippen MR) is 132 cm³/mol. The molecule has 1 aromatic rings. The average Bonchev–Trinajstić information content (AvgIpc) is 2.77. The molecule has 1 saturated heterocycles. The number of thiol groups is 1.